The van der Waals surface area contributed by atoms with Crippen LogP contribution >= 0.6 is 11.6 Å². The van der Waals surface area contributed by atoms with E-state index in [1.54, 1.807) is 0 Å². The summed E-state index contributed by atoms with van der Waals surface area (Å²) >= 11 is 6.08. The number of hydrogen-bond acceptors (Lipinski definition) is 2. The Morgan fingerprint density at radius 1 is 1.38 bits per heavy atom. The highest BCUT2D eigenvalue weighted by atomic mass is 35.5. The van der Waals surface area contributed by atoms with Crippen molar-refractivity contribution in [3.63, 3.8) is 0 Å². The van der Waals surface area contributed by atoms with Crippen LogP contribution < -0.4 is 22.4 Å². The minimum absolute atomic E-state index is 0. The number of aliphatic imine (C=N–C) groups is 1. The van der Waals surface area contributed by atoms with Gasteiger partial charge >= 0.3 is 5.96 Å². The van der Waals surface area contributed by atoms with Gasteiger partial charge in [0.2, 0.25) is 0 Å². The molecule has 0 amide bonds. The van der Waals surface area contributed by atoms with Crippen molar-refractivity contribution in [1.29, 1.82) is 0 Å². The Morgan fingerprint density at radius 2 is 2.25 bits per heavy atom. The highest BCUT2D eigenvalue weighted by Gasteiger charge is 2.18. The number of nitrogens with zero attached hydrogens (tertiary/aromatic N) is 2. The summed E-state index contributed by atoms with van der Waals surface area (Å²) < 4.78 is 1.86. The van der Waals surface area contributed by atoms with Crippen LogP contribution in [0.25, 0.3) is 10.9 Å². The SMILES string of the molecule is Clc1cccc2[nH][n+](C3=NCCN3)cc12.[Cl-]. The first-order valence-electron chi connectivity index (χ1n) is 4.82. The standard InChI is InChI=1S/C10H9ClN4.ClH/c11-8-2-1-3-9-7(8)6-15(14-9)10-12-4-5-13-10;/h1-3,6H,4-5H2,(H,12,13);1H. The van der Waals surface area contributed by atoms with E-state index >= 15 is 0 Å². The molecule has 16 heavy (non-hydrogen) atoms. The highest BCUT2D eigenvalue weighted by Crippen LogP contribution is 2.19. The zero-order valence-electron chi connectivity index (χ0n) is 8.37. The van der Waals surface area contributed by atoms with Gasteiger partial charge in [-0.15, -0.1) is 9.67 Å². The van der Waals surface area contributed by atoms with Crippen molar-refractivity contribution < 1.29 is 17.1 Å². The van der Waals surface area contributed by atoms with E-state index in [2.05, 4.69) is 15.4 Å². The third-order valence-electron chi connectivity index (χ3n) is 2.44. The van der Waals surface area contributed by atoms with Gasteiger partial charge in [0, 0.05) is 0 Å². The molecule has 0 aliphatic carbocycles. The second-order valence-corrected chi connectivity index (χ2v) is 3.85. The normalized spacial score (nSPS) is 14.4. The number of benzene rings is 1. The summed E-state index contributed by atoms with van der Waals surface area (Å²) in [4.78, 5) is 4.33. The van der Waals surface area contributed by atoms with Gasteiger partial charge in [-0.1, -0.05) is 17.7 Å². The molecule has 2 aromatic rings. The second-order valence-electron chi connectivity index (χ2n) is 3.44. The third kappa shape index (κ3) is 1.74. The highest BCUT2D eigenvalue weighted by molar-refractivity contribution is 6.35. The van der Waals surface area contributed by atoms with Crippen LogP contribution in [0.4, 0.5) is 0 Å². The van der Waals surface area contributed by atoms with Crippen LogP contribution in [0.3, 0.4) is 0 Å². The number of fused-ring (bicyclic) bond motifs is 1. The van der Waals surface area contributed by atoms with Crippen molar-refractivity contribution in [2.45, 2.75) is 0 Å². The van der Waals surface area contributed by atoms with Crippen molar-refractivity contribution in [1.82, 2.24) is 10.4 Å². The van der Waals surface area contributed by atoms with Crippen molar-refractivity contribution >= 4 is 28.5 Å². The monoisotopic (exact) mass is 256 g/mol. The summed E-state index contributed by atoms with van der Waals surface area (Å²) in [6, 6.07) is 5.80. The molecule has 0 saturated carbocycles. The molecule has 1 aliphatic heterocycles. The summed E-state index contributed by atoms with van der Waals surface area (Å²) in [6.45, 7) is 1.72. The predicted molar refractivity (Wildman–Crippen MR) is 59.2 cm³/mol. The Hall–Kier alpha value is -1.26. The smallest absolute Gasteiger partial charge is 0.408 e. The fraction of sp³-hybridized carbons (Fsp3) is 0.200. The molecule has 4 nitrogen and oxygen atoms in total. The summed E-state index contributed by atoms with van der Waals surface area (Å²) in [6.07, 6.45) is 1.95. The molecule has 0 unspecified atom stereocenters. The van der Waals surface area contributed by atoms with E-state index in [0.717, 1.165) is 35.0 Å². The van der Waals surface area contributed by atoms with Gasteiger partial charge in [0.15, 0.2) is 0 Å². The maximum absolute atomic E-state index is 6.08. The predicted octanol–water partition coefficient (Wildman–Crippen LogP) is -2.08. The van der Waals surface area contributed by atoms with Crippen molar-refractivity contribution in [2.75, 3.05) is 13.1 Å². The van der Waals surface area contributed by atoms with Gasteiger partial charge in [-0.2, -0.15) is 0 Å². The molecule has 2 heterocycles. The summed E-state index contributed by atoms with van der Waals surface area (Å²) in [5.74, 6) is 0.849. The molecular weight excluding hydrogens is 247 g/mol. The molecule has 1 aromatic heterocycles. The number of rotatable bonds is 0. The van der Waals surface area contributed by atoms with Gasteiger partial charge in [0.25, 0.3) is 0 Å². The number of aromatic amines is 1. The van der Waals surface area contributed by atoms with Crippen molar-refractivity contribution in [3.05, 3.63) is 29.4 Å². The van der Waals surface area contributed by atoms with Gasteiger partial charge in [0.1, 0.15) is 12.7 Å². The lowest BCUT2D eigenvalue weighted by molar-refractivity contribution is -0.618. The van der Waals surface area contributed by atoms with E-state index < -0.39 is 0 Å². The fourth-order valence-electron chi connectivity index (χ4n) is 1.72. The molecule has 6 heteroatoms. The molecule has 1 aliphatic rings. The number of halogens is 2. The van der Waals surface area contributed by atoms with E-state index in [-0.39, 0.29) is 12.4 Å². The summed E-state index contributed by atoms with van der Waals surface area (Å²) in [5.41, 5.74) is 1.01. The Balaban J connectivity index is 0.000000963. The largest absolute Gasteiger partial charge is 1.00 e. The fourth-order valence-corrected chi connectivity index (χ4v) is 1.94. The molecule has 84 valence electrons. The Labute approximate surface area is 104 Å². The van der Waals surface area contributed by atoms with Crippen LogP contribution in [-0.4, -0.2) is 24.1 Å². The number of nitrogens with one attached hydrogen (secondary N) is 2. The van der Waals surface area contributed by atoms with Gasteiger partial charge < -0.3 is 12.4 Å². The Bertz CT molecular complexity index is 547. The van der Waals surface area contributed by atoms with E-state index in [9.17, 15) is 0 Å². The van der Waals surface area contributed by atoms with E-state index in [1.807, 2.05) is 29.1 Å². The number of H-pyrrole nitrogens is 1. The van der Waals surface area contributed by atoms with Crippen molar-refractivity contribution in [2.24, 2.45) is 4.99 Å². The number of aromatic nitrogens is 2. The number of hydrogen-bond donors (Lipinski definition) is 2. The molecule has 1 aromatic carbocycles. The van der Waals surface area contributed by atoms with Crippen LogP contribution in [0.2, 0.25) is 5.02 Å². The zero-order valence-corrected chi connectivity index (χ0v) is 9.89. The molecule has 0 saturated heterocycles. The Kier molecular flexibility index (Phi) is 3.03. The molecule has 0 fully saturated rings. The first-order valence-corrected chi connectivity index (χ1v) is 5.20. The minimum Gasteiger partial charge on any atom is -1.00 e. The van der Waals surface area contributed by atoms with Gasteiger partial charge in [-0.05, 0) is 12.1 Å². The zero-order chi connectivity index (χ0) is 10.3. The first kappa shape index (κ1) is 11.2. The maximum atomic E-state index is 6.08. The van der Waals surface area contributed by atoms with E-state index in [1.165, 1.54) is 0 Å². The maximum Gasteiger partial charge on any atom is 0.408 e. The van der Waals surface area contributed by atoms with Crippen LogP contribution in [0, 0.1) is 0 Å². The van der Waals surface area contributed by atoms with Crippen LogP contribution in [0.5, 0.6) is 0 Å². The second kappa shape index (κ2) is 4.31. The topological polar surface area (TPSA) is 44.1 Å². The van der Waals surface area contributed by atoms with E-state index in [0.29, 0.717) is 0 Å². The average Bonchev–Trinajstić information content (AvgIpc) is 2.86. The quantitative estimate of drug-likeness (QED) is 0.523. The van der Waals surface area contributed by atoms with Crippen LogP contribution in [0.1, 0.15) is 0 Å². The lowest BCUT2D eigenvalue weighted by Gasteiger charge is -1.90. The van der Waals surface area contributed by atoms with Gasteiger partial charge in [-0.3, -0.25) is 5.32 Å². The average molecular weight is 257 g/mol. The van der Waals surface area contributed by atoms with Gasteiger partial charge in [0.05, 0.1) is 22.5 Å². The molecule has 0 radical (unpaired) electrons. The molecular formula is C10H10Cl2N4. The Morgan fingerprint density at radius 3 is 2.94 bits per heavy atom. The molecule has 0 bridgehead atoms. The van der Waals surface area contributed by atoms with Crippen LogP contribution in [-0.2, 0) is 0 Å². The van der Waals surface area contributed by atoms with E-state index in [4.69, 9.17) is 11.6 Å². The minimum atomic E-state index is 0. The first-order chi connectivity index (χ1) is 7.34. The molecule has 3 rings (SSSR count). The molecule has 2 N–H and O–H groups in total. The molecule has 0 atom stereocenters. The lowest BCUT2D eigenvalue weighted by Crippen LogP contribution is -3.00. The summed E-state index contributed by atoms with van der Waals surface area (Å²) in [7, 11) is 0. The van der Waals surface area contributed by atoms with Crippen LogP contribution in [0.15, 0.2) is 29.4 Å². The van der Waals surface area contributed by atoms with Crippen molar-refractivity contribution in [3.8, 4) is 0 Å². The van der Waals surface area contributed by atoms with Gasteiger partial charge in [-0.25, -0.2) is 5.10 Å². The summed E-state index contributed by atoms with van der Waals surface area (Å²) in [5, 5.41) is 8.17. The third-order valence-corrected chi connectivity index (χ3v) is 2.77. The molecule has 0 spiro atoms. The lowest BCUT2D eigenvalue weighted by atomic mass is 10.3.